The van der Waals surface area contributed by atoms with E-state index in [4.69, 9.17) is 4.74 Å². The molecule has 1 fully saturated rings. The average molecular weight is 308 g/mol. The quantitative estimate of drug-likeness (QED) is 0.778. The van der Waals surface area contributed by atoms with Crippen LogP contribution in [0.15, 0.2) is 6.20 Å². The number of anilines is 1. The van der Waals surface area contributed by atoms with Crippen molar-refractivity contribution in [2.24, 2.45) is 5.92 Å². The molecule has 0 aliphatic heterocycles. The fourth-order valence-corrected chi connectivity index (χ4v) is 2.85. The summed E-state index contributed by atoms with van der Waals surface area (Å²) in [5.41, 5.74) is 0.426. The van der Waals surface area contributed by atoms with Gasteiger partial charge in [-0.1, -0.05) is 12.8 Å². The Morgan fingerprint density at radius 1 is 1.45 bits per heavy atom. The van der Waals surface area contributed by atoms with Crippen LogP contribution in [-0.2, 0) is 11.3 Å². The molecule has 0 spiro atoms. The minimum Gasteiger partial charge on any atom is -0.444 e. The predicted molar refractivity (Wildman–Crippen MR) is 86.7 cm³/mol. The van der Waals surface area contributed by atoms with Crippen molar-refractivity contribution in [1.29, 1.82) is 0 Å². The number of H-pyrrole nitrogens is 1. The summed E-state index contributed by atoms with van der Waals surface area (Å²) in [5.74, 6) is 1.36. The molecule has 1 saturated carbocycles. The third kappa shape index (κ3) is 5.02. The number of nitrogens with one attached hydrogen (secondary N) is 3. The van der Waals surface area contributed by atoms with Gasteiger partial charge in [-0.3, -0.25) is 10.4 Å². The highest BCUT2D eigenvalue weighted by molar-refractivity contribution is 5.84. The normalized spacial score (nSPS) is 17.5. The number of ether oxygens (including phenoxy) is 1. The summed E-state index contributed by atoms with van der Waals surface area (Å²) in [6, 6.07) is 0.478. The number of aromatic amines is 1. The van der Waals surface area contributed by atoms with Gasteiger partial charge in [-0.2, -0.15) is 5.10 Å². The molecule has 1 unspecified atom stereocenters. The molecular weight excluding hydrogens is 280 g/mol. The molecule has 6 heteroatoms. The predicted octanol–water partition coefficient (Wildman–Crippen LogP) is 3.43. The Bertz CT molecular complexity index is 487. The molecule has 1 aliphatic carbocycles. The maximum atomic E-state index is 11.8. The second kappa shape index (κ2) is 7.13. The van der Waals surface area contributed by atoms with Crippen LogP contribution >= 0.6 is 0 Å². The van der Waals surface area contributed by atoms with Crippen LogP contribution in [-0.4, -0.2) is 27.9 Å². The fourth-order valence-electron chi connectivity index (χ4n) is 2.85. The summed E-state index contributed by atoms with van der Waals surface area (Å²) in [5, 5.41) is 13.1. The second-order valence-electron chi connectivity index (χ2n) is 7.11. The van der Waals surface area contributed by atoms with E-state index in [1.54, 1.807) is 6.20 Å². The van der Waals surface area contributed by atoms with Crippen molar-refractivity contribution in [3.05, 3.63) is 11.8 Å². The molecule has 1 heterocycles. The van der Waals surface area contributed by atoms with Crippen LogP contribution in [0.1, 0.15) is 58.9 Å². The van der Waals surface area contributed by atoms with Crippen molar-refractivity contribution >= 4 is 11.9 Å². The third-order valence-corrected chi connectivity index (χ3v) is 4.07. The topological polar surface area (TPSA) is 79.0 Å². The molecule has 1 aliphatic rings. The maximum Gasteiger partial charge on any atom is 0.413 e. The number of carbonyl (C=O) groups excluding carboxylic acids is 1. The van der Waals surface area contributed by atoms with Crippen LogP contribution < -0.4 is 10.6 Å². The number of hydrogen-bond acceptors (Lipinski definition) is 4. The van der Waals surface area contributed by atoms with Crippen molar-refractivity contribution in [2.45, 2.75) is 71.6 Å². The Morgan fingerprint density at radius 3 is 2.77 bits per heavy atom. The number of rotatable bonds is 5. The molecule has 0 saturated heterocycles. The van der Waals surface area contributed by atoms with Gasteiger partial charge in [0, 0.05) is 18.2 Å². The smallest absolute Gasteiger partial charge is 0.413 e. The van der Waals surface area contributed by atoms with E-state index < -0.39 is 11.7 Å². The third-order valence-electron chi connectivity index (χ3n) is 4.07. The molecule has 1 aromatic rings. The van der Waals surface area contributed by atoms with Gasteiger partial charge in [0.05, 0.1) is 6.20 Å². The molecule has 1 amide bonds. The Morgan fingerprint density at radius 2 is 2.14 bits per heavy atom. The number of hydrogen-bond donors (Lipinski definition) is 3. The van der Waals surface area contributed by atoms with E-state index in [1.165, 1.54) is 25.7 Å². The number of nitrogens with zero attached hydrogens (tertiary/aromatic N) is 1. The Balaban J connectivity index is 1.85. The standard InChI is InChI=1S/C16H28N4O2/c1-11(12-7-5-6-8-12)17-9-13-10-18-20-14(13)19-15(21)22-16(2,3)4/h10-12,17H,5-9H2,1-4H3,(H2,18,19,20,21). The van der Waals surface area contributed by atoms with Crippen molar-refractivity contribution in [3.8, 4) is 0 Å². The first-order valence-electron chi connectivity index (χ1n) is 8.11. The van der Waals surface area contributed by atoms with Gasteiger partial charge < -0.3 is 10.1 Å². The minimum atomic E-state index is -0.514. The van der Waals surface area contributed by atoms with Crippen LogP contribution in [0, 0.1) is 5.92 Å². The van der Waals surface area contributed by atoms with E-state index >= 15 is 0 Å². The van der Waals surface area contributed by atoms with E-state index in [9.17, 15) is 4.79 Å². The first-order valence-corrected chi connectivity index (χ1v) is 8.11. The molecule has 1 aromatic heterocycles. The molecule has 0 bridgehead atoms. The lowest BCUT2D eigenvalue weighted by Crippen LogP contribution is -2.32. The van der Waals surface area contributed by atoms with Gasteiger partial charge in [0.2, 0.25) is 0 Å². The van der Waals surface area contributed by atoms with Gasteiger partial charge in [0.15, 0.2) is 0 Å². The van der Waals surface area contributed by atoms with Crippen LogP contribution in [0.4, 0.5) is 10.6 Å². The highest BCUT2D eigenvalue weighted by atomic mass is 16.6. The minimum absolute atomic E-state index is 0.471. The van der Waals surface area contributed by atoms with E-state index in [-0.39, 0.29) is 0 Å². The fraction of sp³-hybridized carbons (Fsp3) is 0.750. The van der Waals surface area contributed by atoms with Crippen LogP contribution in [0.3, 0.4) is 0 Å². The van der Waals surface area contributed by atoms with E-state index in [1.807, 2.05) is 20.8 Å². The lowest BCUT2D eigenvalue weighted by atomic mass is 10.00. The lowest BCUT2D eigenvalue weighted by molar-refractivity contribution is 0.0635. The Labute approximate surface area is 132 Å². The first-order chi connectivity index (χ1) is 10.3. The molecule has 0 aromatic carbocycles. The number of carbonyl (C=O) groups is 1. The Kier molecular flexibility index (Phi) is 5.45. The van der Waals surface area contributed by atoms with Gasteiger partial charge in [0.25, 0.3) is 0 Å². The summed E-state index contributed by atoms with van der Waals surface area (Å²) in [6.07, 6.45) is 6.57. The molecule has 22 heavy (non-hydrogen) atoms. The van der Waals surface area contributed by atoms with Gasteiger partial charge in [0.1, 0.15) is 11.4 Å². The molecule has 124 valence electrons. The number of amides is 1. The first kappa shape index (κ1) is 16.8. The van der Waals surface area contributed by atoms with E-state index in [2.05, 4.69) is 27.8 Å². The van der Waals surface area contributed by atoms with Gasteiger partial charge >= 0.3 is 6.09 Å². The second-order valence-corrected chi connectivity index (χ2v) is 7.11. The molecule has 0 radical (unpaired) electrons. The molecule has 2 rings (SSSR count). The summed E-state index contributed by atoms with van der Waals surface area (Å²) >= 11 is 0. The lowest BCUT2D eigenvalue weighted by Gasteiger charge is -2.21. The summed E-state index contributed by atoms with van der Waals surface area (Å²) in [7, 11) is 0. The van der Waals surface area contributed by atoms with Crippen LogP contribution in [0.5, 0.6) is 0 Å². The SMILES string of the molecule is CC(NCc1cn[nH]c1NC(=O)OC(C)(C)C)C1CCCC1. The summed E-state index contributed by atoms with van der Waals surface area (Å²) < 4.78 is 5.25. The van der Waals surface area contributed by atoms with Crippen LogP contribution in [0.2, 0.25) is 0 Å². The molecule has 1 atom stereocenters. The highest BCUT2D eigenvalue weighted by Crippen LogP contribution is 2.27. The van der Waals surface area contributed by atoms with Crippen molar-refractivity contribution in [2.75, 3.05) is 5.32 Å². The monoisotopic (exact) mass is 308 g/mol. The summed E-state index contributed by atoms with van der Waals surface area (Å²) in [4.78, 5) is 11.8. The van der Waals surface area contributed by atoms with Gasteiger partial charge in [-0.15, -0.1) is 0 Å². The zero-order chi connectivity index (χ0) is 16.2. The molecular formula is C16H28N4O2. The number of aromatic nitrogens is 2. The largest absolute Gasteiger partial charge is 0.444 e. The highest BCUT2D eigenvalue weighted by Gasteiger charge is 2.22. The Hall–Kier alpha value is -1.56. The van der Waals surface area contributed by atoms with Crippen molar-refractivity contribution < 1.29 is 9.53 Å². The van der Waals surface area contributed by atoms with E-state index in [0.717, 1.165) is 11.5 Å². The van der Waals surface area contributed by atoms with Crippen molar-refractivity contribution in [1.82, 2.24) is 15.5 Å². The van der Waals surface area contributed by atoms with Crippen LogP contribution in [0.25, 0.3) is 0 Å². The van der Waals surface area contributed by atoms with Gasteiger partial charge in [-0.25, -0.2) is 4.79 Å². The maximum absolute atomic E-state index is 11.8. The van der Waals surface area contributed by atoms with Crippen molar-refractivity contribution in [3.63, 3.8) is 0 Å². The summed E-state index contributed by atoms with van der Waals surface area (Å²) in [6.45, 7) is 8.43. The van der Waals surface area contributed by atoms with Gasteiger partial charge in [-0.05, 0) is 46.5 Å². The van der Waals surface area contributed by atoms with E-state index in [0.29, 0.717) is 18.4 Å². The molecule has 6 nitrogen and oxygen atoms in total. The zero-order valence-corrected chi connectivity index (χ0v) is 14.0. The molecule has 3 N–H and O–H groups in total. The zero-order valence-electron chi connectivity index (χ0n) is 14.0. The average Bonchev–Trinajstić information content (AvgIpc) is 3.04.